The van der Waals surface area contributed by atoms with Gasteiger partial charge in [0.1, 0.15) is 4.71 Å². The van der Waals surface area contributed by atoms with E-state index in [1.54, 1.807) is 0 Å². The Balaban J connectivity index is 4.68. The first-order chi connectivity index (χ1) is 4.65. The minimum absolute atomic E-state index is 0.851. The number of alkyl halides is 1. The van der Waals surface area contributed by atoms with Crippen LogP contribution in [0.3, 0.4) is 0 Å². The van der Waals surface area contributed by atoms with E-state index in [0.29, 0.717) is 0 Å². The third-order valence-corrected chi connectivity index (χ3v) is 5.70. The van der Waals surface area contributed by atoms with Crippen molar-refractivity contribution in [2.24, 2.45) is 0 Å². The van der Waals surface area contributed by atoms with Gasteiger partial charge in [-0.15, -0.1) is 11.6 Å². The van der Waals surface area contributed by atoms with Gasteiger partial charge >= 0.3 is 0 Å². The largest absolute Gasteiger partial charge is 0.228 e. The minimum Gasteiger partial charge on any atom is -0.228 e. The maximum Gasteiger partial charge on any atom is 0.181 e. The Bertz CT molecular complexity index is 312. The van der Waals surface area contributed by atoms with Gasteiger partial charge in [0.2, 0.25) is 0 Å². The van der Waals surface area contributed by atoms with Crippen LogP contribution in [-0.2, 0) is 19.7 Å². The van der Waals surface area contributed by atoms with Crippen molar-refractivity contribution >= 4 is 31.3 Å². The zero-order valence-electron chi connectivity index (χ0n) is 6.11. The molecule has 0 rings (SSSR count). The lowest BCUT2D eigenvalue weighted by molar-refractivity contribution is 0.590. The molecule has 0 aliphatic rings. The van der Waals surface area contributed by atoms with Gasteiger partial charge in [-0.05, 0) is 6.92 Å². The summed E-state index contributed by atoms with van der Waals surface area (Å²) in [6.45, 7) is 1.22. The Morgan fingerprint density at radius 2 is 1.64 bits per heavy atom. The fourth-order valence-electron chi connectivity index (χ4n) is 0.392. The second-order valence-corrected chi connectivity index (χ2v) is 7.99. The molecule has 1 unspecified atom stereocenters. The fraction of sp³-hybridized carbons (Fsp3) is 1.00. The van der Waals surface area contributed by atoms with Gasteiger partial charge in [-0.1, -0.05) is 0 Å². The number of halogens is 1. The molecule has 0 fully saturated rings. The van der Waals surface area contributed by atoms with Crippen molar-refractivity contribution in [3.63, 3.8) is 0 Å². The average Bonchev–Trinajstić information content (AvgIpc) is 1.56. The lowest BCUT2D eigenvalue weighted by Crippen LogP contribution is -2.21. The summed E-state index contributed by atoms with van der Waals surface area (Å²) >= 11 is 5.22. The van der Waals surface area contributed by atoms with Crippen LogP contribution in [0.15, 0.2) is 0 Å². The van der Waals surface area contributed by atoms with Crippen LogP contribution in [-0.4, -0.2) is 32.9 Å². The molecule has 68 valence electrons. The standard InChI is InChI=1S/C4H9ClO4S2/c1-4(5)11(8,9)3-10(2,6)7/h4H,3H2,1-2H3. The van der Waals surface area contributed by atoms with Crippen LogP contribution in [0.25, 0.3) is 0 Å². The van der Waals surface area contributed by atoms with Crippen LogP contribution in [0.4, 0.5) is 0 Å². The van der Waals surface area contributed by atoms with E-state index in [9.17, 15) is 16.8 Å². The molecule has 0 heterocycles. The lowest BCUT2D eigenvalue weighted by atomic mass is 11.0. The van der Waals surface area contributed by atoms with Crippen LogP contribution in [0.5, 0.6) is 0 Å². The van der Waals surface area contributed by atoms with Crippen LogP contribution >= 0.6 is 11.6 Å². The Hall–Kier alpha value is 0.190. The zero-order valence-corrected chi connectivity index (χ0v) is 8.50. The minimum atomic E-state index is -3.68. The molecule has 0 radical (unpaired) electrons. The van der Waals surface area contributed by atoms with Crippen LogP contribution in [0.2, 0.25) is 0 Å². The molecule has 0 amide bonds. The van der Waals surface area contributed by atoms with Crippen molar-refractivity contribution in [3.8, 4) is 0 Å². The summed E-state index contributed by atoms with van der Waals surface area (Å²) in [5.41, 5.74) is 0. The third kappa shape index (κ3) is 4.60. The maximum absolute atomic E-state index is 10.8. The van der Waals surface area contributed by atoms with Gasteiger partial charge in [0.05, 0.1) is 0 Å². The summed E-state index contributed by atoms with van der Waals surface area (Å²) < 4.78 is 41.5. The predicted octanol–water partition coefficient (Wildman–Crippen LogP) is -0.0119. The molecule has 0 aromatic carbocycles. The molecule has 0 aromatic heterocycles. The van der Waals surface area contributed by atoms with Crippen molar-refractivity contribution in [2.75, 3.05) is 11.3 Å². The van der Waals surface area contributed by atoms with Crippen molar-refractivity contribution in [1.29, 1.82) is 0 Å². The highest BCUT2D eigenvalue weighted by Gasteiger charge is 2.23. The van der Waals surface area contributed by atoms with Crippen molar-refractivity contribution in [1.82, 2.24) is 0 Å². The van der Waals surface area contributed by atoms with Gasteiger partial charge in [0.25, 0.3) is 0 Å². The van der Waals surface area contributed by atoms with E-state index in [2.05, 4.69) is 0 Å². The summed E-state index contributed by atoms with van der Waals surface area (Å²) in [5, 5.41) is -0.884. The molecule has 0 saturated carbocycles. The van der Waals surface area contributed by atoms with Gasteiger partial charge in [0, 0.05) is 6.26 Å². The Morgan fingerprint density at radius 1 is 1.27 bits per heavy atom. The van der Waals surface area contributed by atoms with Crippen LogP contribution < -0.4 is 0 Å². The van der Waals surface area contributed by atoms with Gasteiger partial charge in [-0.25, -0.2) is 16.8 Å². The van der Waals surface area contributed by atoms with Gasteiger partial charge < -0.3 is 0 Å². The molecule has 0 saturated heterocycles. The van der Waals surface area contributed by atoms with E-state index in [0.717, 1.165) is 6.26 Å². The number of hydrogen-bond acceptors (Lipinski definition) is 4. The van der Waals surface area contributed by atoms with E-state index in [1.807, 2.05) is 0 Å². The van der Waals surface area contributed by atoms with Gasteiger partial charge in [-0.2, -0.15) is 0 Å². The normalized spacial score (nSPS) is 16.3. The average molecular weight is 221 g/mol. The highest BCUT2D eigenvalue weighted by molar-refractivity contribution is 8.08. The van der Waals surface area contributed by atoms with E-state index >= 15 is 0 Å². The molecule has 0 aliphatic carbocycles. The quantitative estimate of drug-likeness (QED) is 0.628. The SMILES string of the molecule is CC(Cl)S(=O)(=O)CS(C)(=O)=O. The molecule has 1 atom stereocenters. The third-order valence-electron chi connectivity index (χ3n) is 0.873. The number of rotatable bonds is 3. The van der Waals surface area contributed by atoms with Crippen molar-refractivity contribution in [2.45, 2.75) is 11.6 Å². The molecule has 0 N–H and O–H groups in total. The van der Waals surface area contributed by atoms with E-state index < -0.39 is 29.5 Å². The van der Waals surface area contributed by atoms with E-state index in [-0.39, 0.29) is 0 Å². The first-order valence-electron chi connectivity index (χ1n) is 2.68. The molecule has 7 heteroatoms. The highest BCUT2D eigenvalue weighted by atomic mass is 35.5. The summed E-state index contributed by atoms with van der Waals surface area (Å²) in [6, 6.07) is 0. The topological polar surface area (TPSA) is 68.3 Å². The van der Waals surface area contributed by atoms with E-state index in [4.69, 9.17) is 11.6 Å². The molecular formula is C4H9ClO4S2. The second-order valence-electron chi connectivity index (χ2n) is 2.25. The monoisotopic (exact) mass is 220 g/mol. The summed E-state index contributed by atoms with van der Waals surface area (Å²) in [7, 11) is -7.18. The molecule has 0 aromatic rings. The molecule has 4 nitrogen and oxygen atoms in total. The predicted molar refractivity (Wildman–Crippen MR) is 43.9 cm³/mol. The lowest BCUT2D eigenvalue weighted by Gasteiger charge is -2.02. The molecule has 0 bridgehead atoms. The molecule has 11 heavy (non-hydrogen) atoms. The highest BCUT2D eigenvalue weighted by Crippen LogP contribution is 2.08. The number of hydrogen-bond donors (Lipinski definition) is 0. The van der Waals surface area contributed by atoms with E-state index in [1.165, 1.54) is 6.92 Å². The maximum atomic E-state index is 10.8. The number of sulfone groups is 2. The van der Waals surface area contributed by atoms with Crippen molar-refractivity contribution in [3.05, 3.63) is 0 Å². The Kier molecular flexibility index (Phi) is 3.34. The molecular weight excluding hydrogens is 212 g/mol. The van der Waals surface area contributed by atoms with Crippen LogP contribution in [0.1, 0.15) is 6.92 Å². The first kappa shape index (κ1) is 11.2. The van der Waals surface area contributed by atoms with Gasteiger partial charge in [0.15, 0.2) is 24.8 Å². The molecule has 0 aliphatic heterocycles. The second kappa shape index (κ2) is 3.28. The smallest absolute Gasteiger partial charge is 0.181 e. The Morgan fingerprint density at radius 3 is 1.73 bits per heavy atom. The summed E-state index contributed by atoms with van der Waals surface area (Å²) in [6.07, 6.45) is 0.851. The van der Waals surface area contributed by atoms with Crippen molar-refractivity contribution < 1.29 is 16.8 Å². The fourth-order valence-corrected chi connectivity index (χ4v) is 3.99. The summed E-state index contributed by atoms with van der Waals surface area (Å²) in [4.78, 5) is 0. The van der Waals surface area contributed by atoms with Crippen LogP contribution in [0, 0.1) is 0 Å². The first-order valence-corrected chi connectivity index (χ1v) is 6.90. The van der Waals surface area contributed by atoms with Gasteiger partial charge in [-0.3, -0.25) is 0 Å². The summed E-state index contributed by atoms with van der Waals surface area (Å²) in [5.74, 6) is 0. The Labute approximate surface area is 71.4 Å². The zero-order chi connectivity index (χ0) is 9.28. The molecule has 0 spiro atoms.